The second-order valence-electron chi connectivity index (χ2n) is 6.16. The Hall–Kier alpha value is -1.34. The molecule has 0 aromatic heterocycles. The molecule has 0 radical (unpaired) electrons. The number of urea groups is 1. The van der Waals surface area contributed by atoms with Crippen LogP contribution in [0, 0.1) is 5.92 Å². The van der Waals surface area contributed by atoms with Crippen molar-refractivity contribution in [3.63, 3.8) is 0 Å². The summed E-state index contributed by atoms with van der Waals surface area (Å²) in [5.41, 5.74) is 4.81. The van der Waals surface area contributed by atoms with Crippen molar-refractivity contribution in [1.82, 2.24) is 10.2 Å². The molecule has 3 N–H and O–H groups in total. The smallest absolute Gasteiger partial charge is 0.418 e. The molecular weight excluding hydrogens is 274 g/mol. The van der Waals surface area contributed by atoms with Crippen molar-refractivity contribution in [2.24, 2.45) is 11.7 Å². The zero-order chi connectivity index (χ0) is 15.9. The molecule has 0 spiro atoms. The summed E-state index contributed by atoms with van der Waals surface area (Å²) in [4.78, 5) is 25.2. The van der Waals surface area contributed by atoms with Gasteiger partial charge in [0.15, 0.2) is 0 Å². The number of nitrogens with two attached hydrogens (primary N) is 1. The van der Waals surface area contributed by atoms with E-state index in [0.29, 0.717) is 12.5 Å². The number of rotatable bonds is 4. The second-order valence-corrected chi connectivity index (χ2v) is 6.16. The topological polar surface area (TPSA) is 93.9 Å². The minimum atomic E-state index is -0.669. The highest BCUT2D eigenvalue weighted by Crippen LogP contribution is 2.14. The second kappa shape index (κ2) is 8.19. The molecule has 7 nitrogen and oxygen atoms in total. The molecule has 1 heterocycles. The lowest BCUT2D eigenvalue weighted by molar-refractivity contribution is 0.0319. The molecular formula is C14H27N3O4. The Morgan fingerprint density at radius 2 is 1.95 bits per heavy atom. The fourth-order valence-corrected chi connectivity index (χ4v) is 2.00. The van der Waals surface area contributed by atoms with E-state index in [1.54, 1.807) is 20.8 Å². The first kappa shape index (κ1) is 17.7. The van der Waals surface area contributed by atoms with Gasteiger partial charge in [0, 0.05) is 32.8 Å². The number of carbonyl (C=O) groups excluding carboxylic acids is 2. The molecule has 1 aliphatic heterocycles. The molecule has 3 amide bonds. The Kier molecular flexibility index (Phi) is 6.91. The number of ether oxygens (including phenoxy) is 2. The van der Waals surface area contributed by atoms with E-state index in [9.17, 15) is 9.59 Å². The molecule has 0 saturated carbocycles. The van der Waals surface area contributed by atoms with E-state index in [2.05, 4.69) is 5.32 Å². The number of carbonyl (C=O) groups is 2. The van der Waals surface area contributed by atoms with Gasteiger partial charge in [-0.1, -0.05) is 0 Å². The third-order valence-corrected chi connectivity index (χ3v) is 3.09. The number of nitrogens with zero attached hydrogens (tertiary/aromatic N) is 1. The van der Waals surface area contributed by atoms with Crippen molar-refractivity contribution in [3.05, 3.63) is 0 Å². The average molecular weight is 301 g/mol. The van der Waals surface area contributed by atoms with E-state index in [1.165, 1.54) is 0 Å². The van der Waals surface area contributed by atoms with Crippen LogP contribution < -0.4 is 11.1 Å². The molecule has 0 aromatic carbocycles. The Bertz CT molecular complexity index is 349. The number of imide groups is 1. The standard InChI is InChI=1S/C14H27N3O4/c1-14(2,3)21-13(19)17(7-6-15)12(18)16-10-11-4-8-20-9-5-11/h11H,4-10,15H2,1-3H3,(H,16,18). The van der Waals surface area contributed by atoms with Gasteiger partial charge in [-0.2, -0.15) is 0 Å². The monoisotopic (exact) mass is 301 g/mol. The molecule has 1 fully saturated rings. The first-order valence-electron chi connectivity index (χ1n) is 7.39. The summed E-state index contributed by atoms with van der Waals surface area (Å²) in [6, 6.07) is -0.457. The lowest BCUT2D eigenvalue weighted by Gasteiger charge is -2.27. The van der Waals surface area contributed by atoms with Crippen LogP contribution in [0.4, 0.5) is 9.59 Å². The van der Waals surface area contributed by atoms with Crippen LogP contribution >= 0.6 is 0 Å². The van der Waals surface area contributed by atoms with Crippen LogP contribution in [0.1, 0.15) is 33.6 Å². The van der Waals surface area contributed by atoms with E-state index in [0.717, 1.165) is 31.0 Å². The predicted molar refractivity (Wildman–Crippen MR) is 78.9 cm³/mol. The first-order valence-corrected chi connectivity index (χ1v) is 7.39. The van der Waals surface area contributed by atoms with Gasteiger partial charge < -0.3 is 20.5 Å². The van der Waals surface area contributed by atoms with E-state index in [-0.39, 0.29) is 13.1 Å². The lowest BCUT2D eigenvalue weighted by atomic mass is 10.0. The van der Waals surface area contributed by atoms with Gasteiger partial charge in [-0.15, -0.1) is 0 Å². The quantitative estimate of drug-likeness (QED) is 0.816. The summed E-state index contributed by atoms with van der Waals surface area (Å²) in [6.07, 6.45) is 1.17. The molecule has 0 atom stereocenters. The van der Waals surface area contributed by atoms with Gasteiger partial charge in [0.25, 0.3) is 0 Å². The molecule has 0 aliphatic carbocycles. The normalized spacial score (nSPS) is 16.4. The molecule has 0 bridgehead atoms. The number of amides is 3. The summed E-state index contributed by atoms with van der Waals surface area (Å²) in [7, 11) is 0. The van der Waals surface area contributed by atoms with Gasteiger partial charge in [-0.05, 0) is 39.5 Å². The van der Waals surface area contributed by atoms with Crippen molar-refractivity contribution < 1.29 is 19.1 Å². The third kappa shape index (κ3) is 6.77. The average Bonchev–Trinajstić information content (AvgIpc) is 2.41. The van der Waals surface area contributed by atoms with Crippen LogP contribution in [0.5, 0.6) is 0 Å². The molecule has 1 aliphatic rings. The van der Waals surface area contributed by atoms with Crippen molar-refractivity contribution in [1.29, 1.82) is 0 Å². The van der Waals surface area contributed by atoms with Gasteiger partial charge in [0.1, 0.15) is 5.60 Å². The van der Waals surface area contributed by atoms with Crippen LogP contribution in [-0.4, -0.2) is 55.5 Å². The minimum Gasteiger partial charge on any atom is -0.443 e. The molecule has 21 heavy (non-hydrogen) atoms. The maximum absolute atomic E-state index is 12.1. The number of hydrogen-bond acceptors (Lipinski definition) is 5. The fraction of sp³-hybridized carbons (Fsp3) is 0.857. The van der Waals surface area contributed by atoms with Crippen LogP contribution in [0.3, 0.4) is 0 Å². The van der Waals surface area contributed by atoms with Gasteiger partial charge in [-0.25, -0.2) is 14.5 Å². The number of nitrogens with one attached hydrogen (secondary N) is 1. The first-order chi connectivity index (χ1) is 9.83. The fourth-order valence-electron chi connectivity index (χ4n) is 2.00. The van der Waals surface area contributed by atoms with Crippen molar-refractivity contribution in [2.75, 3.05) is 32.8 Å². The van der Waals surface area contributed by atoms with Crippen molar-refractivity contribution in [3.8, 4) is 0 Å². The SMILES string of the molecule is CC(C)(C)OC(=O)N(CCN)C(=O)NCC1CCOCC1. The predicted octanol–water partition coefficient (Wildman–Crippen LogP) is 1.32. The third-order valence-electron chi connectivity index (χ3n) is 3.09. The number of hydrogen-bond donors (Lipinski definition) is 2. The minimum absolute atomic E-state index is 0.133. The molecule has 122 valence electrons. The Morgan fingerprint density at radius 1 is 1.33 bits per heavy atom. The largest absolute Gasteiger partial charge is 0.443 e. The molecule has 0 unspecified atom stereocenters. The maximum Gasteiger partial charge on any atom is 0.418 e. The summed E-state index contributed by atoms with van der Waals surface area (Å²) >= 11 is 0. The van der Waals surface area contributed by atoms with Gasteiger partial charge in [0.2, 0.25) is 0 Å². The highest BCUT2D eigenvalue weighted by Gasteiger charge is 2.27. The molecule has 1 rings (SSSR count). The van der Waals surface area contributed by atoms with Crippen LogP contribution in [0.2, 0.25) is 0 Å². The lowest BCUT2D eigenvalue weighted by Crippen LogP contribution is -2.49. The molecule has 7 heteroatoms. The van der Waals surface area contributed by atoms with E-state index >= 15 is 0 Å². The highest BCUT2D eigenvalue weighted by atomic mass is 16.6. The van der Waals surface area contributed by atoms with Crippen molar-refractivity contribution >= 4 is 12.1 Å². The van der Waals surface area contributed by atoms with Crippen molar-refractivity contribution in [2.45, 2.75) is 39.2 Å². The highest BCUT2D eigenvalue weighted by molar-refractivity contribution is 5.91. The van der Waals surface area contributed by atoms with E-state index < -0.39 is 17.7 Å². The van der Waals surface area contributed by atoms with E-state index in [1.807, 2.05) is 0 Å². The Balaban J connectivity index is 2.49. The Morgan fingerprint density at radius 3 is 2.48 bits per heavy atom. The molecule has 0 aromatic rings. The Labute approximate surface area is 126 Å². The summed E-state index contributed by atoms with van der Waals surface area (Å²) in [6.45, 7) is 7.57. The summed E-state index contributed by atoms with van der Waals surface area (Å²) < 4.78 is 10.5. The zero-order valence-corrected chi connectivity index (χ0v) is 13.2. The van der Waals surface area contributed by atoms with Crippen LogP contribution in [0.15, 0.2) is 0 Å². The summed E-state index contributed by atoms with van der Waals surface area (Å²) in [5, 5.41) is 2.78. The van der Waals surface area contributed by atoms with Crippen LogP contribution in [0.25, 0.3) is 0 Å². The summed E-state index contributed by atoms with van der Waals surface area (Å²) in [5.74, 6) is 0.390. The molecule has 1 saturated heterocycles. The van der Waals surface area contributed by atoms with Crippen LogP contribution in [-0.2, 0) is 9.47 Å². The maximum atomic E-state index is 12.1. The van der Waals surface area contributed by atoms with E-state index in [4.69, 9.17) is 15.2 Å². The zero-order valence-electron chi connectivity index (χ0n) is 13.2. The van der Waals surface area contributed by atoms with Gasteiger partial charge in [0.05, 0.1) is 0 Å². The van der Waals surface area contributed by atoms with Gasteiger partial charge in [-0.3, -0.25) is 0 Å². The van der Waals surface area contributed by atoms with Gasteiger partial charge >= 0.3 is 12.1 Å².